The number of carbonyl (C=O) groups excluding carboxylic acids is 1. The number of ether oxygens (including phenoxy) is 1. The van der Waals surface area contributed by atoms with Crippen LogP contribution in [-0.2, 0) is 4.79 Å². The molecule has 1 atom stereocenters. The molecule has 0 spiro atoms. The van der Waals surface area contributed by atoms with Gasteiger partial charge in [-0.05, 0) is 25.1 Å². The summed E-state index contributed by atoms with van der Waals surface area (Å²) in [4.78, 5) is 10.5. The fourth-order valence-electron chi connectivity index (χ4n) is 1.14. The molecule has 0 bridgehead atoms. The molecule has 0 amide bonds. The molecule has 0 radical (unpaired) electrons. The lowest BCUT2D eigenvalue weighted by atomic mass is 10.1. The Bertz CT molecular complexity index is 396. The molecule has 0 saturated carbocycles. The quantitative estimate of drug-likeness (QED) is 0.759. The Labute approximate surface area is 108 Å². The Balaban J connectivity index is 3.12. The molecule has 0 aliphatic rings. The summed E-state index contributed by atoms with van der Waals surface area (Å²) in [5.41, 5.74) is 0.377. The van der Waals surface area contributed by atoms with Crippen molar-refractivity contribution in [2.24, 2.45) is 0 Å². The second kappa shape index (κ2) is 5.72. The molecule has 1 unspecified atom stereocenters. The van der Waals surface area contributed by atoms with Gasteiger partial charge in [0.1, 0.15) is 16.4 Å². The first-order valence-corrected chi connectivity index (χ1v) is 6.01. The summed E-state index contributed by atoms with van der Waals surface area (Å²) < 4.78 is 29.3. The van der Waals surface area contributed by atoms with Crippen LogP contribution in [0.5, 0.6) is 5.75 Å². The van der Waals surface area contributed by atoms with Gasteiger partial charge in [0.05, 0.1) is 0 Å². The van der Waals surface area contributed by atoms with Crippen molar-refractivity contribution >= 4 is 37.6 Å². The number of alkyl halides is 3. The molecule has 1 aromatic rings. The maximum Gasteiger partial charge on any atom is 0.387 e. The van der Waals surface area contributed by atoms with Crippen LogP contribution in [0.25, 0.3) is 0 Å². The normalized spacial score (nSPS) is 12.6. The number of Topliss-reactive ketones (excluding diaryl/α,β-unsaturated/α-hetero) is 1. The summed E-state index contributed by atoms with van der Waals surface area (Å²) in [6.07, 6.45) is 0. The predicted molar refractivity (Wildman–Crippen MR) is 63.1 cm³/mol. The lowest BCUT2D eigenvalue weighted by Gasteiger charge is -2.13. The summed E-state index contributed by atoms with van der Waals surface area (Å²) in [5, 5.41) is 0. The third-order valence-electron chi connectivity index (χ3n) is 1.82. The summed E-state index contributed by atoms with van der Waals surface area (Å²) in [5.74, 6) is -0.188. The van der Waals surface area contributed by atoms with Crippen molar-refractivity contribution in [3.8, 4) is 5.75 Å². The fraction of sp³-hybridized carbons (Fsp3) is 0.300. The first kappa shape index (κ1) is 13.6. The highest BCUT2D eigenvalue weighted by molar-refractivity contribution is 9.10. The van der Waals surface area contributed by atoms with Crippen molar-refractivity contribution < 1.29 is 18.3 Å². The van der Waals surface area contributed by atoms with E-state index >= 15 is 0 Å². The first-order valence-electron chi connectivity index (χ1n) is 4.30. The standard InChI is InChI=1S/C10H8Br2F2O2/c1-5(15)9(12)7-4-6(11)2-3-8(7)16-10(13)14/h2-4,9-10H,1H3. The molecule has 0 aliphatic carbocycles. The Morgan fingerprint density at radius 1 is 1.44 bits per heavy atom. The largest absolute Gasteiger partial charge is 0.434 e. The van der Waals surface area contributed by atoms with Crippen molar-refractivity contribution in [3.63, 3.8) is 0 Å². The van der Waals surface area contributed by atoms with Crippen LogP contribution in [-0.4, -0.2) is 12.4 Å². The van der Waals surface area contributed by atoms with Crippen LogP contribution in [0.15, 0.2) is 22.7 Å². The molecule has 16 heavy (non-hydrogen) atoms. The van der Waals surface area contributed by atoms with E-state index in [0.29, 0.717) is 10.0 Å². The maximum absolute atomic E-state index is 12.1. The Kier molecular flexibility index (Phi) is 4.86. The number of carbonyl (C=O) groups is 1. The second-order valence-corrected chi connectivity index (χ2v) is 4.87. The van der Waals surface area contributed by atoms with Crippen LogP contribution in [0.1, 0.15) is 17.3 Å². The van der Waals surface area contributed by atoms with E-state index in [9.17, 15) is 13.6 Å². The summed E-state index contributed by atoms with van der Waals surface area (Å²) in [6, 6.07) is 4.53. The average molecular weight is 358 g/mol. The van der Waals surface area contributed by atoms with Crippen molar-refractivity contribution in [3.05, 3.63) is 28.2 Å². The number of halogens is 4. The number of hydrogen-bond acceptors (Lipinski definition) is 2. The molecule has 0 aliphatic heterocycles. The van der Waals surface area contributed by atoms with Crippen LogP contribution < -0.4 is 4.74 Å². The lowest BCUT2D eigenvalue weighted by Crippen LogP contribution is -2.08. The van der Waals surface area contributed by atoms with Crippen molar-refractivity contribution in [1.82, 2.24) is 0 Å². The van der Waals surface area contributed by atoms with Crippen LogP contribution in [0, 0.1) is 0 Å². The summed E-state index contributed by atoms with van der Waals surface area (Å²) in [7, 11) is 0. The molecule has 6 heteroatoms. The van der Waals surface area contributed by atoms with E-state index in [0.717, 1.165) is 0 Å². The molecule has 0 heterocycles. The molecule has 1 rings (SSSR count). The van der Waals surface area contributed by atoms with Gasteiger partial charge in [0.15, 0.2) is 0 Å². The minimum Gasteiger partial charge on any atom is -0.434 e. The van der Waals surface area contributed by atoms with Gasteiger partial charge in [-0.2, -0.15) is 8.78 Å². The molecule has 88 valence electrons. The van der Waals surface area contributed by atoms with Gasteiger partial charge in [-0.1, -0.05) is 31.9 Å². The van der Waals surface area contributed by atoms with Crippen molar-refractivity contribution in [2.45, 2.75) is 18.4 Å². The molecule has 0 fully saturated rings. The maximum atomic E-state index is 12.1. The van der Waals surface area contributed by atoms with Gasteiger partial charge in [0.25, 0.3) is 0 Å². The van der Waals surface area contributed by atoms with Gasteiger partial charge < -0.3 is 4.74 Å². The fourth-order valence-corrected chi connectivity index (χ4v) is 1.88. The number of benzene rings is 1. The molecule has 1 aromatic carbocycles. The van der Waals surface area contributed by atoms with E-state index in [1.54, 1.807) is 12.1 Å². The third kappa shape index (κ3) is 3.52. The van der Waals surface area contributed by atoms with Crippen LogP contribution in [0.2, 0.25) is 0 Å². The molecule has 0 N–H and O–H groups in total. The number of ketones is 1. The molecule has 0 saturated heterocycles. The van der Waals surface area contributed by atoms with Crippen molar-refractivity contribution in [2.75, 3.05) is 0 Å². The SMILES string of the molecule is CC(=O)C(Br)c1cc(Br)ccc1OC(F)F. The van der Waals surface area contributed by atoms with Gasteiger partial charge in [0.2, 0.25) is 0 Å². The number of hydrogen-bond donors (Lipinski definition) is 0. The Hall–Kier alpha value is -0.490. The highest BCUT2D eigenvalue weighted by Crippen LogP contribution is 2.34. The lowest BCUT2D eigenvalue weighted by molar-refractivity contribution is -0.116. The van der Waals surface area contributed by atoms with E-state index in [2.05, 4.69) is 36.6 Å². The van der Waals surface area contributed by atoms with Gasteiger partial charge in [0, 0.05) is 10.0 Å². The third-order valence-corrected chi connectivity index (χ3v) is 3.45. The zero-order valence-corrected chi connectivity index (χ0v) is 11.4. The topological polar surface area (TPSA) is 26.3 Å². The van der Waals surface area contributed by atoms with Crippen molar-refractivity contribution in [1.29, 1.82) is 0 Å². The van der Waals surface area contributed by atoms with E-state index in [4.69, 9.17) is 0 Å². The van der Waals surface area contributed by atoms with Crippen LogP contribution >= 0.6 is 31.9 Å². The van der Waals surface area contributed by atoms with Gasteiger partial charge in [-0.3, -0.25) is 4.79 Å². The molecular formula is C10H8Br2F2O2. The Morgan fingerprint density at radius 2 is 2.06 bits per heavy atom. The highest BCUT2D eigenvalue weighted by Gasteiger charge is 2.19. The van der Waals surface area contributed by atoms with E-state index in [1.807, 2.05) is 0 Å². The zero-order chi connectivity index (χ0) is 12.3. The Morgan fingerprint density at radius 3 is 2.56 bits per heavy atom. The first-order chi connectivity index (χ1) is 7.41. The van der Waals surface area contributed by atoms with Crippen LogP contribution in [0.3, 0.4) is 0 Å². The average Bonchev–Trinajstić information content (AvgIpc) is 2.18. The molecular weight excluding hydrogens is 350 g/mol. The van der Waals surface area contributed by atoms with E-state index in [-0.39, 0.29) is 11.5 Å². The highest BCUT2D eigenvalue weighted by atomic mass is 79.9. The summed E-state index contributed by atoms with van der Waals surface area (Å²) >= 11 is 6.33. The van der Waals surface area contributed by atoms with Crippen LogP contribution in [0.4, 0.5) is 8.78 Å². The van der Waals surface area contributed by atoms with Gasteiger partial charge in [-0.25, -0.2) is 0 Å². The van der Waals surface area contributed by atoms with Gasteiger partial charge >= 0.3 is 6.61 Å². The smallest absolute Gasteiger partial charge is 0.387 e. The van der Waals surface area contributed by atoms with E-state index in [1.165, 1.54) is 13.0 Å². The van der Waals surface area contributed by atoms with Gasteiger partial charge in [-0.15, -0.1) is 0 Å². The molecule has 0 aromatic heterocycles. The minimum absolute atomic E-state index is 0.00437. The summed E-state index contributed by atoms with van der Waals surface area (Å²) in [6.45, 7) is -1.54. The second-order valence-electron chi connectivity index (χ2n) is 3.03. The number of rotatable bonds is 4. The zero-order valence-electron chi connectivity index (χ0n) is 8.22. The molecule has 2 nitrogen and oxygen atoms in total. The minimum atomic E-state index is -2.91. The monoisotopic (exact) mass is 356 g/mol. The van der Waals surface area contributed by atoms with E-state index < -0.39 is 11.4 Å². The predicted octanol–water partition coefficient (Wildman–Crippen LogP) is 4.08.